The standard InChI is InChI=1S/C27H25F2N3O3/c28-20-4-2-1-3-18(20)19-6-5-16(15-21(19)29)31-27(33)26-24-8-7-23(35-24)25(26)22-9-12-30-32(22)17-10-13-34-14-11-17/h1-6,9,12,15,17,23-24H,7-8,10-11,13-14H2,(H,31,33)/t23-,24-/m0/s1. The van der Waals surface area contributed by atoms with Gasteiger partial charge in [0.25, 0.3) is 5.91 Å². The zero-order valence-corrected chi connectivity index (χ0v) is 19.0. The molecule has 3 aromatic rings. The predicted molar refractivity (Wildman–Crippen MR) is 127 cm³/mol. The molecule has 0 saturated carbocycles. The topological polar surface area (TPSA) is 65.4 Å². The van der Waals surface area contributed by atoms with Crippen LogP contribution >= 0.6 is 0 Å². The second-order valence-corrected chi connectivity index (χ2v) is 9.15. The molecule has 2 aromatic carbocycles. The summed E-state index contributed by atoms with van der Waals surface area (Å²) in [4.78, 5) is 13.4. The maximum atomic E-state index is 14.9. The molecule has 1 aromatic heterocycles. The van der Waals surface area contributed by atoms with Crippen LogP contribution in [-0.4, -0.2) is 41.1 Å². The lowest BCUT2D eigenvalue weighted by Crippen LogP contribution is -2.26. The Hall–Kier alpha value is -3.36. The summed E-state index contributed by atoms with van der Waals surface area (Å²) in [6.07, 6.45) is 4.66. The van der Waals surface area contributed by atoms with Crippen LogP contribution in [0.2, 0.25) is 0 Å². The number of benzene rings is 2. The van der Waals surface area contributed by atoms with E-state index in [9.17, 15) is 13.6 Å². The van der Waals surface area contributed by atoms with E-state index in [0.29, 0.717) is 24.5 Å². The van der Waals surface area contributed by atoms with E-state index in [2.05, 4.69) is 10.4 Å². The van der Waals surface area contributed by atoms with Crippen LogP contribution in [0.1, 0.15) is 37.4 Å². The highest BCUT2D eigenvalue weighted by Gasteiger charge is 2.45. The Morgan fingerprint density at radius 1 is 0.943 bits per heavy atom. The van der Waals surface area contributed by atoms with Gasteiger partial charge in [-0.15, -0.1) is 0 Å². The van der Waals surface area contributed by atoms with E-state index >= 15 is 0 Å². The average Bonchev–Trinajstić information content (AvgIpc) is 3.61. The first kappa shape index (κ1) is 22.1. The number of rotatable bonds is 5. The first-order valence-electron chi connectivity index (χ1n) is 12.0. The zero-order chi connectivity index (χ0) is 23.9. The molecule has 6 rings (SSSR count). The summed E-state index contributed by atoms with van der Waals surface area (Å²) in [6.45, 7) is 1.38. The van der Waals surface area contributed by atoms with Gasteiger partial charge in [0.1, 0.15) is 11.6 Å². The Labute approximate surface area is 201 Å². The van der Waals surface area contributed by atoms with Gasteiger partial charge in [-0.3, -0.25) is 9.48 Å². The summed E-state index contributed by atoms with van der Waals surface area (Å²) >= 11 is 0. The third kappa shape index (κ3) is 3.96. The molecule has 2 bridgehead atoms. The number of hydrogen-bond acceptors (Lipinski definition) is 4. The fourth-order valence-electron chi connectivity index (χ4n) is 5.42. The fraction of sp³-hybridized carbons (Fsp3) is 0.333. The molecule has 2 fully saturated rings. The van der Waals surface area contributed by atoms with E-state index in [4.69, 9.17) is 9.47 Å². The van der Waals surface area contributed by atoms with Gasteiger partial charge in [0.15, 0.2) is 0 Å². The summed E-state index contributed by atoms with van der Waals surface area (Å²) in [5.74, 6) is -1.42. The van der Waals surface area contributed by atoms with Gasteiger partial charge in [0, 0.05) is 41.8 Å². The number of carbonyl (C=O) groups is 1. The molecule has 8 heteroatoms. The summed E-state index contributed by atoms with van der Waals surface area (Å²) in [5, 5.41) is 7.40. The van der Waals surface area contributed by atoms with E-state index in [1.54, 1.807) is 24.4 Å². The lowest BCUT2D eigenvalue weighted by Gasteiger charge is -2.26. The maximum absolute atomic E-state index is 14.9. The second kappa shape index (κ2) is 9.02. The van der Waals surface area contributed by atoms with Crippen molar-refractivity contribution in [3.63, 3.8) is 0 Å². The molecular weight excluding hydrogens is 452 g/mol. The minimum Gasteiger partial charge on any atom is -0.381 e. The van der Waals surface area contributed by atoms with Crippen molar-refractivity contribution in [2.24, 2.45) is 0 Å². The first-order valence-corrected chi connectivity index (χ1v) is 12.0. The number of amides is 1. The van der Waals surface area contributed by atoms with Crippen molar-refractivity contribution in [2.75, 3.05) is 18.5 Å². The number of hydrogen-bond donors (Lipinski definition) is 1. The molecule has 4 heterocycles. The van der Waals surface area contributed by atoms with Crippen molar-refractivity contribution in [1.82, 2.24) is 9.78 Å². The molecule has 35 heavy (non-hydrogen) atoms. The van der Waals surface area contributed by atoms with Crippen molar-refractivity contribution >= 4 is 17.2 Å². The summed E-state index contributed by atoms with van der Waals surface area (Å²) < 4.78 is 42.6. The molecule has 180 valence electrons. The zero-order valence-electron chi connectivity index (χ0n) is 19.0. The normalized spacial score (nSPS) is 22.1. The Bertz CT molecular complexity index is 1310. The molecule has 2 atom stereocenters. The summed E-state index contributed by atoms with van der Waals surface area (Å²) in [5.41, 5.74) is 2.97. The smallest absolute Gasteiger partial charge is 0.254 e. The van der Waals surface area contributed by atoms with Gasteiger partial charge in [-0.1, -0.05) is 18.2 Å². The average molecular weight is 478 g/mol. The Kier molecular flexibility index (Phi) is 5.70. The van der Waals surface area contributed by atoms with Crippen molar-refractivity contribution in [2.45, 2.75) is 43.9 Å². The van der Waals surface area contributed by atoms with Gasteiger partial charge in [0.05, 0.1) is 29.5 Å². The molecule has 6 nitrogen and oxygen atoms in total. The van der Waals surface area contributed by atoms with Gasteiger partial charge in [-0.2, -0.15) is 5.10 Å². The molecule has 3 aliphatic rings. The fourth-order valence-corrected chi connectivity index (χ4v) is 5.42. The van der Waals surface area contributed by atoms with Gasteiger partial charge >= 0.3 is 0 Å². The van der Waals surface area contributed by atoms with Crippen molar-refractivity contribution in [3.05, 3.63) is 77.6 Å². The number of aromatic nitrogens is 2. The molecule has 2 saturated heterocycles. The molecule has 0 unspecified atom stereocenters. The SMILES string of the molecule is O=C(Nc1ccc(-c2ccccc2F)c(F)c1)C1=C(c2ccnn2C2CCOCC2)[C@@H]2CC[C@@H]1O2. The van der Waals surface area contributed by atoms with Crippen LogP contribution in [0.25, 0.3) is 16.7 Å². The summed E-state index contributed by atoms with van der Waals surface area (Å²) in [6, 6.07) is 12.5. The quantitative estimate of drug-likeness (QED) is 0.553. The van der Waals surface area contributed by atoms with Crippen LogP contribution in [0.5, 0.6) is 0 Å². The third-order valence-corrected chi connectivity index (χ3v) is 7.07. The number of ether oxygens (including phenoxy) is 2. The molecule has 0 spiro atoms. The van der Waals surface area contributed by atoms with Gasteiger partial charge < -0.3 is 14.8 Å². The van der Waals surface area contributed by atoms with E-state index in [1.807, 2.05) is 10.7 Å². The highest BCUT2D eigenvalue weighted by molar-refractivity contribution is 6.11. The van der Waals surface area contributed by atoms with E-state index < -0.39 is 11.6 Å². The van der Waals surface area contributed by atoms with Crippen LogP contribution in [0, 0.1) is 11.6 Å². The summed E-state index contributed by atoms with van der Waals surface area (Å²) in [7, 11) is 0. The van der Waals surface area contributed by atoms with Gasteiger partial charge in [-0.25, -0.2) is 8.78 Å². The number of anilines is 1. The highest BCUT2D eigenvalue weighted by Crippen LogP contribution is 2.45. The number of nitrogens with zero attached hydrogens (tertiary/aromatic N) is 2. The number of halogens is 2. The minimum atomic E-state index is -0.608. The maximum Gasteiger partial charge on any atom is 0.254 e. The van der Waals surface area contributed by atoms with Crippen LogP contribution < -0.4 is 5.32 Å². The Morgan fingerprint density at radius 3 is 2.51 bits per heavy atom. The van der Waals surface area contributed by atoms with Crippen molar-refractivity contribution in [1.29, 1.82) is 0 Å². The number of nitrogens with one attached hydrogen (secondary N) is 1. The first-order chi connectivity index (χ1) is 17.1. The molecule has 0 aliphatic carbocycles. The lowest BCUT2D eigenvalue weighted by atomic mass is 9.88. The molecular formula is C27H25F2N3O3. The largest absolute Gasteiger partial charge is 0.381 e. The molecule has 1 amide bonds. The van der Waals surface area contributed by atoms with Crippen molar-refractivity contribution < 1.29 is 23.0 Å². The minimum absolute atomic E-state index is 0.143. The van der Waals surface area contributed by atoms with Crippen LogP contribution in [0.15, 0.2) is 60.3 Å². The van der Waals surface area contributed by atoms with E-state index in [-0.39, 0.29) is 35.3 Å². The van der Waals surface area contributed by atoms with Gasteiger partial charge in [0.2, 0.25) is 0 Å². The number of fused-ring (bicyclic) bond motifs is 2. The number of carbonyl (C=O) groups excluding carboxylic acids is 1. The predicted octanol–water partition coefficient (Wildman–Crippen LogP) is 5.13. The van der Waals surface area contributed by atoms with Crippen molar-refractivity contribution in [3.8, 4) is 11.1 Å². The van der Waals surface area contributed by atoms with Crippen LogP contribution in [-0.2, 0) is 14.3 Å². The van der Waals surface area contributed by atoms with E-state index in [0.717, 1.165) is 37.0 Å². The monoisotopic (exact) mass is 477 g/mol. The van der Waals surface area contributed by atoms with E-state index in [1.165, 1.54) is 24.3 Å². The molecule has 3 aliphatic heterocycles. The van der Waals surface area contributed by atoms with Crippen LogP contribution in [0.3, 0.4) is 0 Å². The van der Waals surface area contributed by atoms with Crippen LogP contribution in [0.4, 0.5) is 14.5 Å². The molecule has 1 N–H and O–H groups in total. The second-order valence-electron chi connectivity index (χ2n) is 9.15. The third-order valence-electron chi connectivity index (χ3n) is 7.07. The highest BCUT2D eigenvalue weighted by atomic mass is 19.1. The molecule has 0 radical (unpaired) electrons. The van der Waals surface area contributed by atoms with Gasteiger partial charge in [-0.05, 0) is 56.0 Å². The lowest BCUT2D eigenvalue weighted by molar-refractivity contribution is -0.113. The Balaban J connectivity index is 1.30. The Morgan fingerprint density at radius 2 is 1.71 bits per heavy atom.